The van der Waals surface area contributed by atoms with Gasteiger partial charge >= 0.3 is 0 Å². The number of phenolic OH excluding ortho intramolecular Hbond substituents is 2. The van der Waals surface area contributed by atoms with Crippen molar-refractivity contribution in [2.45, 2.75) is 65.7 Å². The summed E-state index contributed by atoms with van der Waals surface area (Å²) in [5.41, 5.74) is 1.82. The van der Waals surface area contributed by atoms with Crippen LogP contribution in [0.25, 0.3) is 0 Å². The van der Waals surface area contributed by atoms with Gasteiger partial charge in [0.25, 0.3) is 0 Å². The van der Waals surface area contributed by atoms with Gasteiger partial charge < -0.3 is 14.9 Å². The highest BCUT2D eigenvalue weighted by Crippen LogP contribution is 2.39. The van der Waals surface area contributed by atoms with Crippen molar-refractivity contribution in [1.29, 1.82) is 0 Å². The minimum Gasteiger partial charge on any atom is -0.504 e. The molecule has 2 N–H and O–H groups in total. The van der Waals surface area contributed by atoms with Gasteiger partial charge in [-0.2, -0.15) is 0 Å². The molecule has 0 fully saturated rings. The van der Waals surface area contributed by atoms with E-state index in [1.54, 1.807) is 6.07 Å². The van der Waals surface area contributed by atoms with Crippen LogP contribution in [0.15, 0.2) is 6.07 Å². The Kier molecular flexibility index (Phi) is 7.27. The van der Waals surface area contributed by atoms with Crippen LogP contribution in [0.4, 0.5) is 0 Å². The van der Waals surface area contributed by atoms with E-state index in [1.807, 2.05) is 13.8 Å². The molecule has 1 aromatic carbocycles. The lowest BCUT2D eigenvalue weighted by Gasteiger charge is -2.14. The molecule has 20 heavy (non-hydrogen) atoms. The molecule has 0 amide bonds. The molecular formula is C17H28O3. The van der Waals surface area contributed by atoms with E-state index in [2.05, 4.69) is 6.92 Å². The number of phenols is 2. The van der Waals surface area contributed by atoms with Crippen molar-refractivity contribution >= 4 is 0 Å². The summed E-state index contributed by atoms with van der Waals surface area (Å²) in [5.74, 6) is 0.173. The van der Waals surface area contributed by atoms with E-state index in [9.17, 15) is 10.2 Å². The fraction of sp³-hybridized carbons (Fsp3) is 0.647. The number of hydrogen-bond acceptors (Lipinski definition) is 3. The van der Waals surface area contributed by atoms with Crippen molar-refractivity contribution in [2.75, 3.05) is 6.61 Å². The number of ether oxygens (including phenoxy) is 1. The topological polar surface area (TPSA) is 49.7 Å². The summed E-state index contributed by atoms with van der Waals surface area (Å²) in [7, 11) is 0. The van der Waals surface area contributed by atoms with Gasteiger partial charge in [0.05, 0.1) is 6.61 Å². The van der Waals surface area contributed by atoms with Crippen LogP contribution in [0.3, 0.4) is 0 Å². The van der Waals surface area contributed by atoms with E-state index in [4.69, 9.17) is 4.74 Å². The van der Waals surface area contributed by atoms with Crippen LogP contribution >= 0.6 is 0 Å². The molecule has 114 valence electrons. The number of unbranched alkanes of at least 4 members (excludes halogenated alkanes) is 6. The molecule has 0 bridgehead atoms. The first kappa shape index (κ1) is 16.7. The van der Waals surface area contributed by atoms with Crippen LogP contribution in [0.1, 0.15) is 63.0 Å². The Balaban J connectivity index is 2.32. The maximum atomic E-state index is 9.83. The second-order valence-corrected chi connectivity index (χ2v) is 5.49. The monoisotopic (exact) mass is 280 g/mol. The molecular weight excluding hydrogens is 252 g/mol. The molecule has 0 atom stereocenters. The molecule has 0 spiro atoms. The Morgan fingerprint density at radius 3 is 2.20 bits per heavy atom. The minimum atomic E-state index is -0.143. The van der Waals surface area contributed by atoms with Crippen molar-refractivity contribution in [3.63, 3.8) is 0 Å². The van der Waals surface area contributed by atoms with Crippen LogP contribution in [-0.4, -0.2) is 16.8 Å². The average Bonchev–Trinajstić information content (AvgIpc) is 2.43. The minimum absolute atomic E-state index is 0.109. The molecule has 3 heteroatoms. The van der Waals surface area contributed by atoms with Gasteiger partial charge in [0.1, 0.15) is 0 Å². The molecule has 1 aromatic rings. The van der Waals surface area contributed by atoms with Gasteiger partial charge in [0.2, 0.25) is 5.75 Å². The van der Waals surface area contributed by atoms with Crippen LogP contribution in [-0.2, 0) is 0 Å². The predicted octanol–water partition coefficient (Wildman–Crippen LogP) is 4.84. The summed E-state index contributed by atoms with van der Waals surface area (Å²) in [6, 6.07) is 1.56. The second-order valence-electron chi connectivity index (χ2n) is 5.49. The summed E-state index contributed by atoms with van der Waals surface area (Å²) in [4.78, 5) is 0. The highest BCUT2D eigenvalue weighted by atomic mass is 16.5. The van der Waals surface area contributed by atoms with Gasteiger partial charge in [-0.1, -0.05) is 45.4 Å². The maximum Gasteiger partial charge on any atom is 0.200 e. The first-order valence-corrected chi connectivity index (χ1v) is 7.72. The maximum absolute atomic E-state index is 9.83. The highest BCUT2D eigenvalue weighted by molar-refractivity contribution is 5.56. The summed E-state index contributed by atoms with van der Waals surface area (Å²) in [6.45, 7) is 6.61. The van der Waals surface area contributed by atoms with Crippen molar-refractivity contribution in [2.24, 2.45) is 0 Å². The van der Waals surface area contributed by atoms with Crippen LogP contribution in [0.5, 0.6) is 17.2 Å². The molecule has 3 nitrogen and oxygen atoms in total. The van der Waals surface area contributed by atoms with Crippen molar-refractivity contribution in [3.8, 4) is 17.2 Å². The lowest BCUT2D eigenvalue weighted by molar-refractivity contribution is 0.281. The van der Waals surface area contributed by atoms with Gasteiger partial charge in [0, 0.05) is 0 Å². The molecule has 1 rings (SSSR count). The van der Waals surface area contributed by atoms with Gasteiger partial charge in [-0.05, 0) is 37.5 Å². The molecule has 0 saturated heterocycles. The summed E-state index contributed by atoms with van der Waals surface area (Å²) in [6.07, 6.45) is 8.60. The third kappa shape index (κ3) is 4.95. The number of rotatable bonds is 9. The average molecular weight is 280 g/mol. The number of aromatic hydroxyl groups is 2. The molecule has 0 aliphatic carbocycles. The Morgan fingerprint density at radius 1 is 0.950 bits per heavy atom. The Labute approximate surface area is 122 Å². The zero-order valence-corrected chi connectivity index (χ0v) is 13.0. The van der Waals surface area contributed by atoms with E-state index in [1.165, 1.54) is 32.1 Å². The lowest BCUT2D eigenvalue weighted by Crippen LogP contribution is -2.00. The smallest absolute Gasteiger partial charge is 0.200 e. The van der Waals surface area contributed by atoms with Gasteiger partial charge in [0.15, 0.2) is 11.5 Å². The first-order chi connectivity index (χ1) is 9.57. The molecule has 0 saturated carbocycles. The SMILES string of the molecule is CCCCCCCCCOc1c(C)c(C)cc(O)c1O. The van der Waals surface area contributed by atoms with Gasteiger partial charge in [-0.3, -0.25) is 0 Å². The number of aryl methyl sites for hydroxylation is 1. The number of hydrogen-bond donors (Lipinski definition) is 2. The largest absolute Gasteiger partial charge is 0.504 e. The molecule has 0 unspecified atom stereocenters. The van der Waals surface area contributed by atoms with E-state index < -0.39 is 0 Å². The van der Waals surface area contributed by atoms with Gasteiger partial charge in [-0.15, -0.1) is 0 Å². The zero-order chi connectivity index (χ0) is 15.0. The lowest BCUT2D eigenvalue weighted by atomic mass is 10.1. The summed E-state index contributed by atoms with van der Waals surface area (Å²) < 4.78 is 5.65. The van der Waals surface area contributed by atoms with Gasteiger partial charge in [-0.25, -0.2) is 0 Å². The fourth-order valence-corrected chi connectivity index (χ4v) is 2.26. The van der Waals surface area contributed by atoms with Crippen LogP contribution in [0.2, 0.25) is 0 Å². The number of benzene rings is 1. The zero-order valence-electron chi connectivity index (χ0n) is 13.0. The standard InChI is InChI=1S/C17H28O3/c1-4-5-6-7-8-9-10-11-20-17-14(3)13(2)12-15(18)16(17)19/h12,18-19H,4-11H2,1-3H3. The highest BCUT2D eigenvalue weighted by Gasteiger charge is 2.13. The van der Waals surface area contributed by atoms with E-state index in [-0.39, 0.29) is 11.5 Å². The summed E-state index contributed by atoms with van der Waals surface area (Å²) in [5, 5.41) is 19.4. The van der Waals surface area contributed by atoms with E-state index in [0.717, 1.165) is 24.0 Å². The Hall–Kier alpha value is -1.38. The first-order valence-electron chi connectivity index (χ1n) is 7.72. The molecule has 0 heterocycles. The molecule has 0 radical (unpaired) electrons. The van der Waals surface area contributed by atoms with Crippen molar-refractivity contribution in [3.05, 3.63) is 17.2 Å². The summed E-state index contributed by atoms with van der Waals surface area (Å²) >= 11 is 0. The predicted molar refractivity (Wildman–Crippen MR) is 82.7 cm³/mol. The Morgan fingerprint density at radius 2 is 1.55 bits per heavy atom. The second kappa shape index (κ2) is 8.72. The molecule has 0 aliphatic heterocycles. The van der Waals surface area contributed by atoms with Crippen molar-refractivity contribution < 1.29 is 14.9 Å². The molecule has 0 aromatic heterocycles. The van der Waals surface area contributed by atoms with Crippen LogP contribution in [0, 0.1) is 13.8 Å². The van der Waals surface area contributed by atoms with E-state index in [0.29, 0.717) is 12.4 Å². The quantitative estimate of drug-likeness (QED) is 0.502. The van der Waals surface area contributed by atoms with E-state index >= 15 is 0 Å². The Bertz CT molecular complexity index is 387. The third-order valence-corrected chi connectivity index (χ3v) is 3.74. The van der Waals surface area contributed by atoms with Crippen molar-refractivity contribution in [1.82, 2.24) is 0 Å². The normalized spacial score (nSPS) is 10.8. The van der Waals surface area contributed by atoms with Crippen LogP contribution < -0.4 is 4.74 Å². The fourth-order valence-electron chi connectivity index (χ4n) is 2.26. The molecule has 0 aliphatic rings. The third-order valence-electron chi connectivity index (χ3n) is 3.74.